The Bertz CT molecular complexity index is 852. The quantitative estimate of drug-likeness (QED) is 0.803. The van der Waals surface area contributed by atoms with Crippen molar-refractivity contribution in [3.63, 3.8) is 0 Å². The van der Waals surface area contributed by atoms with Gasteiger partial charge in [0.05, 0.1) is 11.1 Å². The summed E-state index contributed by atoms with van der Waals surface area (Å²) in [6.07, 6.45) is 3.71. The summed E-state index contributed by atoms with van der Waals surface area (Å²) in [4.78, 5) is 51.1. The molecule has 7 nitrogen and oxygen atoms in total. The molecule has 1 aromatic carbocycles. The largest absolute Gasteiger partial charge is 0.382 e. The van der Waals surface area contributed by atoms with E-state index in [1.165, 1.54) is 0 Å². The SMILES string of the molecule is O=C1NC(=O)C2(N3C(=O)c4cccc(NC5CCC5)c4C3=O)CC1C2. The van der Waals surface area contributed by atoms with Crippen LogP contribution in [0.15, 0.2) is 18.2 Å². The van der Waals surface area contributed by atoms with Crippen LogP contribution in [0.3, 0.4) is 0 Å². The Balaban J connectivity index is 1.53. The molecule has 2 saturated heterocycles. The van der Waals surface area contributed by atoms with Gasteiger partial charge >= 0.3 is 0 Å². The zero-order chi connectivity index (χ0) is 17.3. The first-order valence-corrected chi connectivity index (χ1v) is 8.65. The Morgan fingerprint density at radius 1 is 1.08 bits per heavy atom. The molecule has 5 aliphatic rings. The number of carbonyl (C=O) groups is 4. The minimum atomic E-state index is -1.21. The number of hydrogen-bond acceptors (Lipinski definition) is 5. The van der Waals surface area contributed by atoms with Crippen LogP contribution in [0.2, 0.25) is 0 Å². The van der Waals surface area contributed by atoms with Gasteiger partial charge in [0.15, 0.2) is 0 Å². The Morgan fingerprint density at radius 2 is 1.84 bits per heavy atom. The molecule has 0 aromatic heterocycles. The monoisotopic (exact) mass is 339 g/mol. The molecular formula is C18H17N3O4. The molecule has 3 heterocycles. The van der Waals surface area contributed by atoms with Crippen LogP contribution in [0.1, 0.15) is 52.8 Å². The zero-order valence-corrected chi connectivity index (χ0v) is 13.5. The molecule has 128 valence electrons. The first-order chi connectivity index (χ1) is 12.0. The molecule has 4 amide bonds. The maximum atomic E-state index is 13.1. The van der Waals surface area contributed by atoms with Crippen molar-refractivity contribution >= 4 is 29.3 Å². The van der Waals surface area contributed by atoms with Gasteiger partial charge in [0, 0.05) is 17.6 Å². The van der Waals surface area contributed by atoms with E-state index in [0.717, 1.165) is 24.2 Å². The number of rotatable bonds is 3. The molecule has 0 unspecified atom stereocenters. The van der Waals surface area contributed by atoms with Gasteiger partial charge in [-0.05, 0) is 44.2 Å². The van der Waals surface area contributed by atoms with Crippen molar-refractivity contribution in [1.29, 1.82) is 0 Å². The number of anilines is 1. The van der Waals surface area contributed by atoms with E-state index in [-0.39, 0.29) is 24.7 Å². The van der Waals surface area contributed by atoms with Gasteiger partial charge in [0.25, 0.3) is 17.7 Å². The van der Waals surface area contributed by atoms with Crippen LogP contribution in [-0.2, 0) is 9.59 Å². The van der Waals surface area contributed by atoms with Gasteiger partial charge in [-0.25, -0.2) is 0 Å². The number of nitrogens with zero attached hydrogens (tertiary/aromatic N) is 1. The molecule has 6 rings (SSSR count). The highest BCUT2D eigenvalue weighted by molar-refractivity contribution is 6.26. The third-order valence-corrected chi connectivity index (χ3v) is 6.01. The molecule has 7 heteroatoms. The molecule has 3 aliphatic heterocycles. The Labute approximate surface area is 143 Å². The third-order valence-electron chi connectivity index (χ3n) is 6.01. The second-order valence-electron chi connectivity index (χ2n) is 7.40. The van der Waals surface area contributed by atoms with Crippen LogP contribution in [-0.4, -0.2) is 40.1 Å². The number of imide groups is 2. The third kappa shape index (κ3) is 1.75. The van der Waals surface area contributed by atoms with Crippen molar-refractivity contribution in [3.8, 4) is 0 Å². The van der Waals surface area contributed by atoms with Gasteiger partial charge in [-0.2, -0.15) is 0 Å². The second-order valence-corrected chi connectivity index (χ2v) is 7.40. The van der Waals surface area contributed by atoms with E-state index in [1.807, 2.05) is 0 Å². The summed E-state index contributed by atoms with van der Waals surface area (Å²) in [7, 11) is 0. The highest BCUT2D eigenvalue weighted by Gasteiger charge is 2.65. The molecular weight excluding hydrogens is 322 g/mol. The maximum absolute atomic E-state index is 13.1. The summed E-state index contributed by atoms with van der Waals surface area (Å²) >= 11 is 0. The van der Waals surface area contributed by atoms with Gasteiger partial charge < -0.3 is 5.32 Å². The van der Waals surface area contributed by atoms with Gasteiger partial charge in [-0.3, -0.25) is 29.4 Å². The van der Waals surface area contributed by atoms with Crippen LogP contribution in [0.25, 0.3) is 0 Å². The van der Waals surface area contributed by atoms with Crippen LogP contribution in [0.4, 0.5) is 5.69 Å². The smallest absolute Gasteiger partial charge is 0.264 e. The number of piperidine rings is 2. The van der Waals surface area contributed by atoms with Crippen LogP contribution in [0.5, 0.6) is 0 Å². The van der Waals surface area contributed by atoms with E-state index in [0.29, 0.717) is 22.9 Å². The van der Waals surface area contributed by atoms with Crippen molar-refractivity contribution in [3.05, 3.63) is 29.3 Å². The summed E-state index contributed by atoms with van der Waals surface area (Å²) in [5.41, 5.74) is 0.126. The van der Waals surface area contributed by atoms with Crippen LogP contribution >= 0.6 is 0 Å². The lowest BCUT2D eigenvalue weighted by molar-refractivity contribution is -0.158. The molecule has 2 saturated carbocycles. The summed E-state index contributed by atoms with van der Waals surface area (Å²) in [5, 5.41) is 5.63. The van der Waals surface area contributed by atoms with Gasteiger partial charge in [0.1, 0.15) is 5.54 Å². The average molecular weight is 339 g/mol. The number of benzene rings is 1. The van der Waals surface area contributed by atoms with Gasteiger partial charge in [0.2, 0.25) is 5.91 Å². The predicted molar refractivity (Wildman–Crippen MR) is 86.8 cm³/mol. The van der Waals surface area contributed by atoms with E-state index < -0.39 is 23.3 Å². The summed E-state index contributed by atoms with van der Waals surface area (Å²) < 4.78 is 0. The van der Waals surface area contributed by atoms with E-state index in [9.17, 15) is 19.2 Å². The fraction of sp³-hybridized carbons (Fsp3) is 0.444. The Kier molecular flexibility index (Phi) is 2.74. The van der Waals surface area contributed by atoms with Crippen LogP contribution in [0, 0.1) is 5.92 Å². The normalized spacial score (nSPS) is 30.6. The maximum Gasteiger partial charge on any atom is 0.264 e. The minimum Gasteiger partial charge on any atom is -0.382 e. The van der Waals surface area contributed by atoms with E-state index in [4.69, 9.17) is 0 Å². The summed E-state index contributed by atoms with van der Waals surface area (Å²) in [5.74, 6) is -2.03. The van der Waals surface area contributed by atoms with Gasteiger partial charge in [-0.1, -0.05) is 6.07 Å². The summed E-state index contributed by atoms with van der Waals surface area (Å²) in [6.45, 7) is 0. The van der Waals surface area contributed by atoms with Crippen molar-refractivity contribution < 1.29 is 19.2 Å². The van der Waals surface area contributed by atoms with E-state index in [1.54, 1.807) is 18.2 Å². The lowest BCUT2D eigenvalue weighted by atomic mass is 9.63. The zero-order valence-electron chi connectivity index (χ0n) is 13.5. The Morgan fingerprint density at radius 3 is 2.48 bits per heavy atom. The second kappa shape index (κ2) is 4.68. The molecule has 0 spiro atoms. The first kappa shape index (κ1) is 14.6. The average Bonchev–Trinajstić information content (AvgIpc) is 2.75. The number of hydrogen-bond donors (Lipinski definition) is 2. The highest BCUT2D eigenvalue weighted by Crippen LogP contribution is 2.49. The van der Waals surface area contributed by atoms with Crippen molar-refractivity contribution in [2.24, 2.45) is 5.92 Å². The number of carbonyl (C=O) groups excluding carboxylic acids is 4. The van der Waals surface area contributed by atoms with Crippen molar-refractivity contribution in [2.75, 3.05) is 5.32 Å². The first-order valence-electron chi connectivity index (χ1n) is 8.65. The summed E-state index contributed by atoms with van der Waals surface area (Å²) in [6, 6.07) is 5.50. The molecule has 25 heavy (non-hydrogen) atoms. The van der Waals surface area contributed by atoms with Crippen LogP contribution < -0.4 is 10.6 Å². The lowest BCUT2D eigenvalue weighted by Crippen LogP contribution is -2.74. The molecule has 2 N–H and O–H groups in total. The minimum absolute atomic E-state index is 0.231. The topological polar surface area (TPSA) is 95.6 Å². The molecule has 0 atom stereocenters. The fourth-order valence-electron chi connectivity index (χ4n) is 4.31. The molecule has 2 aliphatic carbocycles. The standard InChI is InChI=1S/C18H17N3O4/c22-14-9-7-18(8-9,17(25)20-14)21-15(23)11-5-2-6-12(13(11)16(21)24)19-10-3-1-4-10/h2,5-6,9-10,19H,1,3-4,7-8H2,(H,20,22,25). The van der Waals surface area contributed by atoms with E-state index in [2.05, 4.69) is 10.6 Å². The Hall–Kier alpha value is -2.70. The highest BCUT2D eigenvalue weighted by atomic mass is 16.2. The molecule has 0 radical (unpaired) electrons. The number of fused-ring (bicyclic) bond motifs is 3. The number of nitrogens with one attached hydrogen (secondary N) is 2. The molecule has 1 aromatic rings. The molecule has 2 bridgehead atoms. The number of amides is 4. The molecule has 4 fully saturated rings. The lowest BCUT2D eigenvalue weighted by Gasteiger charge is -2.52. The van der Waals surface area contributed by atoms with Crippen molar-refractivity contribution in [1.82, 2.24) is 10.2 Å². The van der Waals surface area contributed by atoms with Crippen molar-refractivity contribution in [2.45, 2.75) is 43.7 Å². The predicted octanol–water partition coefficient (Wildman–Crippen LogP) is 1.05. The van der Waals surface area contributed by atoms with Gasteiger partial charge in [-0.15, -0.1) is 0 Å². The fourth-order valence-corrected chi connectivity index (χ4v) is 4.31. The van der Waals surface area contributed by atoms with E-state index >= 15 is 0 Å².